The van der Waals surface area contributed by atoms with Crippen molar-refractivity contribution in [2.45, 2.75) is 12.7 Å². The Bertz CT molecular complexity index is 770. The van der Waals surface area contributed by atoms with Gasteiger partial charge in [0.1, 0.15) is 17.3 Å². The van der Waals surface area contributed by atoms with E-state index < -0.39 is 0 Å². The molecule has 0 atom stereocenters. The number of anilines is 1. The highest BCUT2D eigenvalue weighted by atomic mass is 35.5. The average Bonchev–Trinajstić information content (AvgIpc) is 2.58. The summed E-state index contributed by atoms with van der Waals surface area (Å²) in [5.41, 5.74) is 2.12. The lowest BCUT2D eigenvalue weighted by Gasteiger charge is -2.12. The van der Waals surface area contributed by atoms with Gasteiger partial charge in [0.2, 0.25) is 5.91 Å². The van der Waals surface area contributed by atoms with Crippen LogP contribution in [0.5, 0.6) is 11.5 Å². The van der Waals surface area contributed by atoms with Crippen molar-refractivity contribution in [1.29, 1.82) is 0 Å². The second kappa shape index (κ2) is 8.97. The molecule has 4 nitrogen and oxygen atoms in total. The zero-order valence-electron chi connectivity index (χ0n) is 14.2. The molecule has 134 valence electrons. The summed E-state index contributed by atoms with van der Waals surface area (Å²) in [5, 5.41) is 3.38. The topological polar surface area (TPSA) is 47.6 Å². The maximum atomic E-state index is 13.3. The van der Waals surface area contributed by atoms with Crippen molar-refractivity contribution in [2.75, 3.05) is 25.3 Å². The Kier molecular flexibility index (Phi) is 6.96. The van der Waals surface area contributed by atoms with Gasteiger partial charge in [0.25, 0.3) is 0 Å². The Morgan fingerprint density at radius 3 is 2.60 bits per heavy atom. The minimum atomic E-state index is -0.331. The lowest BCUT2D eigenvalue weighted by Crippen LogP contribution is -2.15. The van der Waals surface area contributed by atoms with Gasteiger partial charge in [0.05, 0.1) is 25.7 Å². The molecule has 2 aromatic rings. The van der Waals surface area contributed by atoms with E-state index in [0.29, 0.717) is 33.5 Å². The van der Waals surface area contributed by atoms with Gasteiger partial charge in [0.15, 0.2) is 0 Å². The molecule has 0 saturated heterocycles. The first kappa shape index (κ1) is 19.4. The Hall–Kier alpha value is -1.92. The van der Waals surface area contributed by atoms with E-state index in [1.54, 1.807) is 18.2 Å². The summed E-state index contributed by atoms with van der Waals surface area (Å²) in [4.78, 5) is 12.2. The van der Waals surface area contributed by atoms with Gasteiger partial charge in [-0.1, -0.05) is 11.6 Å². The largest absolute Gasteiger partial charge is 0.496 e. The van der Waals surface area contributed by atoms with E-state index in [2.05, 4.69) is 5.32 Å². The number of carbonyl (C=O) groups is 1. The smallest absolute Gasteiger partial charge is 0.234 e. The lowest BCUT2D eigenvalue weighted by atomic mass is 10.2. The Morgan fingerprint density at radius 1 is 1.20 bits per heavy atom. The molecule has 0 aliphatic carbocycles. The van der Waals surface area contributed by atoms with E-state index in [4.69, 9.17) is 21.1 Å². The van der Waals surface area contributed by atoms with Crippen molar-refractivity contribution >= 4 is 35.0 Å². The molecule has 0 aliphatic rings. The first-order chi connectivity index (χ1) is 11.9. The molecule has 1 amide bonds. The van der Waals surface area contributed by atoms with Crippen LogP contribution < -0.4 is 14.8 Å². The molecular weight excluding hydrogens is 365 g/mol. The molecule has 1 N–H and O–H groups in total. The normalized spacial score (nSPS) is 10.4. The van der Waals surface area contributed by atoms with Crippen molar-refractivity contribution in [3.8, 4) is 11.5 Å². The number of rotatable bonds is 7. The minimum Gasteiger partial charge on any atom is -0.496 e. The van der Waals surface area contributed by atoms with Crippen LogP contribution in [0.15, 0.2) is 30.3 Å². The predicted molar refractivity (Wildman–Crippen MR) is 100 cm³/mol. The zero-order chi connectivity index (χ0) is 18.4. The van der Waals surface area contributed by atoms with Crippen molar-refractivity contribution in [1.82, 2.24) is 0 Å². The number of carbonyl (C=O) groups excluding carboxylic acids is 1. The molecule has 0 unspecified atom stereocenters. The molecule has 0 fully saturated rings. The van der Waals surface area contributed by atoms with Crippen molar-refractivity contribution < 1.29 is 18.7 Å². The van der Waals surface area contributed by atoms with Crippen LogP contribution in [0.25, 0.3) is 0 Å². The molecule has 25 heavy (non-hydrogen) atoms. The molecule has 0 aromatic heterocycles. The van der Waals surface area contributed by atoms with Gasteiger partial charge < -0.3 is 14.8 Å². The number of methoxy groups -OCH3 is 2. The van der Waals surface area contributed by atoms with Crippen LogP contribution in [0.4, 0.5) is 10.1 Å². The van der Waals surface area contributed by atoms with Crippen LogP contribution in [0.2, 0.25) is 5.02 Å². The number of halogens is 2. The molecule has 2 aromatic carbocycles. The van der Waals surface area contributed by atoms with Gasteiger partial charge in [-0.3, -0.25) is 4.79 Å². The van der Waals surface area contributed by atoms with E-state index in [0.717, 1.165) is 5.56 Å². The summed E-state index contributed by atoms with van der Waals surface area (Å²) in [7, 11) is 3.05. The molecule has 2 rings (SSSR count). The third-order valence-electron chi connectivity index (χ3n) is 3.49. The Morgan fingerprint density at radius 2 is 1.92 bits per heavy atom. The number of hydrogen-bond donors (Lipinski definition) is 1. The fourth-order valence-corrected chi connectivity index (χ4v) is 3.19. The fraction of sp³-hybridized carbons (Fsp3) is 0.278. The second-order valence-electron chi connectivity index (χ2n) is 5.30. The van der Waals surface area contributed by atoms with E-state index in [9.17, 15) is 9.18 Å². The summed E-state index contributed by atoms with van der Waals surface area (Å²) < 4.78 is 23.8. The van der Waals surface area contributed by atoms with Crippen LogP contribution in [-0.4, -0.2) is 25.9 Å². The quantitative estimate of drug-likeness (QED) is 0.754. The first-order valence-corrected chi connectivity index (χ1v) is 9.02. The van der Waals surface area contributed by atoms with Gasteiger partial charge in [-0.05, 0) is 36.8 Å². The lowest BCUT2D eigenvalue weighted by molar-refractivity contribution is -0.113. The SMILES string of the molecule is COc1ccc(F)cc1CSCC(=O)Nc1cc(C)c(Cl)cc1OC. The van der Waals surface area contributed by atoms with E-state index in [1.807, 2.05) is 6.92 Å². The van der Waals surface area contributed by atoms with Gasteiger partial charge in [0, 0.05) is 22.4 Å². The van der Waals surface area contributed by atoms with Gasteiger partial charge >= 0.3 is 0 Å². The van der Waals surface area contributed by atoms with Crippen LogP contribution in [0.1, 0.15) is 11.1 Å². The number of aryl methyl sites for hydroxylation is 1. The van der Waals surface area contributed by atoms with Gasteiger partial charge in [-0.2, -0.15) is 0 Å². The monoisotopic (exact) mass is 383 g/mol. The second-order valence-corrected chi connectivity index (χ2v) is 6.69. The van der Waals surface area contributed by atoms with Crippen molar-refractivity contribution in [3.05, 3.63) is 52.3 Å². The molecule has 0 spiro atoms. The minimum absolute atomic E-state index is 0.180. The summed E-state index contributed by atoms with van der Waals surface area (Å²) in [6, 6.07) is 7.76. The number of ether oxygens (including phenoxy) is 2. The third kappa shape index (κ3) is 5.28. The molecule has 0 aliphatic heterocycles. The fourth-order valence-electron chi connectivity index (χ4n) is 2.23. The highest BCUT2D eigenvalue weighted by Gasteiger charge is 2.11. The summed E-state index contributed by atoms with van der Waals surface area (Å²) >= 11 is 7.42. The van der Waals surface area contributed by atoms with E-state index in [-0.39, 0.29) is 17.5 Å². The van der Waals surface area contributed by atoms with E-state index in [1.165, 1.54) is 38.1 Å². The Balaban J connectivity index is 1.96. The van der Waals surface area contributed by atoms with E-state index >= 15 is 0 Å². The number of thioether (sulfide) groups is 1. The van der Waals surface area contributed by atoms with Crippen LogP contribution in [0, 0.1) is 12.7 Å². The molecule has 0 saturated carbocycles. The average molecular weight is 384 g/mol. The predicted octanol–water partition coefficient (Wildman–Crippen LogP) is 4.68. The van der Waals surface area contributed by atoms with Gasteiger partial charge in [-0.25, -0.2) is 4.39 Å². The summed E-state index contributed by atoms with van der Waals surface area (Å²) in [6.45, 7) is 1.85. The number of amides is 1. The van der Waals surface area contributed by atoms with Crippen LogP contribution >= 0.6 is 23.4 Å². The molecule has 7 heteroatoms. The maximum absolute atomic E-state index is 13.3. The highest BCUT2D eigenvalue weighted by Crippen LogP contribution is 2.31. The van der Waals surface area contributed by atoms with Crippen molar-refractivity contribution in [2.24, 2.45) is 0 Å². The number of nitrogens with one attached hydrogen (secondary N) is 1. The zero-order valence-corrected chi connectivity index (χ0v) is 15.8. The van der Waals surface area contributed by atoms with Gasteiger partial charge in [-0.15, -0.1) is 11.8 Å². The summed E-state index contributed by atoms with van der Waals surface area (Å²) in [5.74, 6) is 1.27. The molecule has 0 bridgehead atoms. The summed E-state index contributed by atoms with van der Waals surface area (Å²) in [6.07, 6.45) is 0. The highest BCUT2D eigenvalue weighted by molar-refractivity contribution is 7.99. The molecular formula is C18H19ClFNO3S. The van der Waals surface area contributed by atoms with Crippen LogP contribution in [-0.2, 0) is 10.5 Å². The van der Waals surface area contributed by atoms with Crippen LogP contribution in [0.3, 0.4) is 0 Å². The maximum Gasteiger partial charge on any atom is 0.234 e. The number of benzene rings is 2. The third-order valence-corrected chi connectivity index (χ3v) is 4.88. The first-order valence-electron chi connectivity index (χ1n) is 7.48. The Labute approximate surface area is 155 Å². The molecule has 0 heterocycles. The van der Waals surface area contributed by atoms with Crippen molar-refractivity contribution in [3.63, 3.8) is 0 Å². The number of hydrogen-bond acceptors (Lipinski definition) is 4. The standard InChI is InChI=1S/C18H19ClFNO3S/c1-11-6-15(17(24-3)8-14(11)19)21-18(22)10-25-9-12-7-13(20)4-5-16(12)23-2/h4-8H,9-10H2,1-3H3,(H,21,22). The molecule has 0 radical (unpaired) electrons.